The second-order valence-corrected chi connectivity index (χ2v) is 12.1. The summed E-state index contributed by atoms with van der Waals surface area (Å²) in [6.45, 7) is 3.27. The standard InChI is InChI=1S/C23H34F2N6O3S2/c1-30(2)12-4-10-27-11-5-15-36(33,34)31-13-8-16(9-14-31)28-23-29-22(26)21(35-23)20(32)19-17(24)6-3-7-18(19)25/h3,6-7,16,27H,4-5,8-15,26H2,1-2H3,(H,28,29). The van der Waals surface area contributed by atoms with Gasteiger partial charge in [-0.3, -0.25) is 4.79 Å². The van der Waals surface area contributed by atoms with Crippen LogP contribution in [-0.2, 0) is 10.0 Å². The zero-order valence-corrected chi connectivity index (χ0v) is 22.2. The van der Waals surface area contributed by atoms with Crippen molar-refractivity contribution >= 4 is 38.1 Å². The third-order valence-electron chi connectivity index (χ3n) is 5.94. The Balaban J connectivity index is 1.47. The molecule has 0 atom stereocenters. The summed E-state index contributed by atoms with van der Waals surface area (Å²) in [4.78, 5) is 18.9. The Bertz CT molecular complexity index is 1110. The summed E-state index contributed by atoms with van der Waals surface area (Å²) in [7, 11) is 0.711. The van der Waals surface area contributed by atoms with E-state index in [1.165, 1.54) is 10.4 Å². The number of carbonyl (C=O) groups is 1. The summed E-state index contributed by atoms with van der Waals surface area (Å²) in [6, 6.07) is 3.14. The van der Waals surface area contributed by atoms with Gasteiger partial charge in [-0.25, -0.2) is 26.5 Å². The van der Waals surface area contributed by atoms with E-state index in [0.717, 1.165) is 43.0 Å². The van der Waals surface area contributed by atoms with Crippen LogP contribution < -0.4 is 16.4 Å². The first-order chi connectivity index (χ1) is 17.1. The fraction of sp³-hybridized carbons (Fsp3) is 0.565. The van der Waals surface area contributed by atoms with Crippen LogP contribution >= 0.6 is 11.3 Å². The van der Waals surface area contributed by atoms with Gasteiger partial charge in [-0.1, -0.05) is 17.4 Å². The van der Waals surface area contributed by atoms with E-state index < -0.39 is 33.0 Å². The molecule has 1 saturated heterocycles. The van der Waals surface area contributed by atoms with Crippen LogP contribution in [0.25, 0.3) is 0 Å². The molecule has 2 aromatic rings. The Morgan fingerprint density at radius 3 is 2.47 bits per heavy atom. The van der Waals surface area contributed by atoms with Gasteiger partial charge in [0.2, 0.25) is 15.8 Å². The molecule has 0 spiro atoms. The fourth-order valence-corrected chi connectivity index (χ4v) is 6.43. The molecule has 0 amide bonds. The lowest BCUT2D eigenvalue weighted by molar-refractivity contribution is 0.103. The summed E-state index contributed by atoms with van der Waals surface area (Å²) >= 11 is 0.929. The van der Waals surface area contributed by atoms with Crippen LogP contribution in [0, 0.1) is 11.6 Å². The van der Waals surface area contributed by atoms with E-state index >= 15 is 0 Å². The highest BCUT2D eigenvalue weighted by atomic mass is 32.2. The minimum Gasteiger partial charge on any atom is -0.382 e. The first-order valence-electron chi connectivity index (χ1n) is 11.9. The molecule has 0 unspecified atom stereocenters. The van der Waals surface area contributed by atoms with E-state index in [9.17, 15) is 22.0 Å². The molecule has 1 fully saturated rings. The van der Waals surface area contributed by atoms with Crippen LogP contribution in [0.4, 0.5) is 19.7 Å². The number of piperidine rings is 1. The van der Waals surface area contributed by atoms with Crippen molar-refractivity contribution in [3.05, 3.63) is 40.3 Å². The maximum atomic E-state index is 14.0. The van der Waals surface area contributed by atoms with Crippen molar-refractivity contribution in [1.82, 2.24) is 19.5 Å². The average Bonchev–Trinajstić information content (AvgIpc) is 3.18. The number of anilines is 2. The van der Waals surface area contributed by atoms with Crippen molar-refractivity contribution in [2.24, 2.45) is 0 Å². The SMILES string of the molecule is CN(C)CCCNCCCS(=O)(=O)N1CCC(Nc2nc(N)c(C(=O)c3c(F)cccc3F)s2)CC1. The van der Waals surface area contributed by atoms with Gasteiger partial charge >= 0.3 is 0 Å². The number of rotatable bonds is 13. The summed E-state index contributed by atoms with van der Waals surface area (Å²) in [5.74, 6) is -2.79. The normalized spacial score (nSPS) is 15.5. The molecule has 0 bridgehead atoms. The third-order valence-corrected chi connectivity index (χ3v) is 8.90. The quantitative estimate of drug-likeness (QED) is 0.260. The maximum Gasteiger partial charge on any atom is 0.214 e. The van der Waals surface area contributed by atoms with Crippen molar-refractivity contribution in [2.75, 3.05) is 63.6 Å². The number of aromatic nitrogens is 1. The van der Waals surface area contributed by atoms with Gasteiger partial charge in [0.25, 0.3) is 0 Å². The van der Waals surface area contributed by atoms with Crippen molar-refractivity contribution in [3.63, 3.8) is 0 Å². The molecule has 4 N–H and O–H groups in total. The molecule has 13 heteroatoms. The van der Waals surface area contributed by atoms with Crippen molar-refractivity contribution in [3.8, 4) is 0 Å². The highest BCUT2D eigenvalue weighted by molar-refractivity contribution is 7.89. The van der Waals surface area contributed by atoms with Gasteiger partial charge in [0.05, 0.1) is 11.3 Å². The van der Waals surface area contributed by atoms with Crippen LogP contribution in [-0.4, -0.2) is 87.0 Å². The number of sulfonamides is 1. The van der Waals surface area contributed by atoms with Crippen LogP contribution in [0.2, 0.25) is 0 Å². The fourth-order valence-electron chi connectivity index (χ4n) is 3.99. The van der Waals surface area contributed by atoms with E-state index in [-0.39, 0.29) is 22.5 Å². The summed E-state index contributed by atoms with van der Waals surface area (Å²) < 4.78 is 54.9. The van der Waals surface area contributed by atoms with Gasteiger partial charge in [0, 0.05) is 19.1 Å². The minimum atomic E-state index is -3.33. The van der Waals surface area contributed by atoms with Gasteiger partial charge in [-0.2, -0.15) is 0 Å². The number of nitrogens with two attached hydrogens (primary N) is 1. The second-order valence-electron chi connectivity index (χ2n) is 9.05. The number of hydrogen-bond acceptors (Lipinski definition) is 9. The molecule has 2 heterocycles. The molecular formula is C23H34F2N6O3S2. The van der Waals surface area contributed by atoms with E-state index in [1.54, 1.807) is 0 Å². The van der Waals surface area contributed by atoms with Crippen LogP contribution in [0.15, 0.2) is 18.2 Å². The Morgan fingerprint density at radius 1 is 1.19 bits per heavy atom. The third kappa shape index (κ3) is 7.65. The van der Waals surface area contributed by atoms with Crippen molar-refractivity contribution in [1.29, 1.82) is 0 Å². The Morgan fingerprint density at radius 2 is 1.83 bits per heavy atom. The molecule has 1 aromatic carbocycles. The maximum absolute atomic E-state index is 14.0. The van der Waals surface area contributed by atoms with E-state index in [0.29, 0.717) is 44.0 Å². The van der Waals surface area contributed by atoms with Gasteiger partial charge in [-0.15, -0.1) is 0 Å². The molecule has 0 saturated carbocycles. The predicted molar refractivity (Wildman–Crippen MR) is 139 cm³/mol. The monoisotopic (exact) mass is 544 g/mol. The molecule has 0 aliphatic carbocycles. The lowest BCUT2D eigenvalue weighted by atomic mass is 10.1. The number of hydrogen-bond donors (Lipinski definition) is 3. The van der Waals surface area contributed by atoms with Crippen molar-refractivity contribution < 1.29 is 22.0 Å². The van der Waals surface area contributed by atoms with Crippen LogP contribution in [0.1, 0.15) is 40.9 Å². The number of nitrogens with one attached hydrogen (secondary N) is 2. The summed E-state index contributed by atoms with van der Waals surface area (Å²) in [5, 5.41) is 6.82. The number of halogens is 2. The second kappa shape index (κ2) is 12.9. The summed E-state index contributed by atoms with van der Waals surface area (Å²) in [6.07, 6.45) is 2.69. The molecule has 3 rings (SSSR count). The van der Waals surface area contributed by atoms with E-state index in [2.05, 4.69) is 20.5 Å². The molecule has 36 heavy (non-hydrogen) atoms. The largest absolute Gasteiger partial charge is 0.382 e. The van der Waals surface area contributed by atoms with E-state index in [1.807, 2.05) is 14.1 Å². The molecule has 1 aliphatic rings. The van der Waals surface area contributed by atoms with Gasteiger partial charge in [0.15, 0.2) is 5.13 Å². The lowest BCUT2D eigenvalue weighted by Gasteiger charge is -2.31. The lowest BCUT2D eigenvalue weighted by Crippen LogP contribution is -2.43. The molecule has 200 valence electrons. The van der Waals surface area contributed by atoms with Crippen LogP contribution in [0.3, 0.4) is 0 Å². The number of benzene rings is 1. The molecule has 9 nitrogen and oxygen atoms in total. The highest BCUT2D eigenvalue weighted by Crippen LogP contribution is 2.30. The number of nitrogens with zero attached hydrogens (tertiary/aromatic N) is 3. The van der Waals surface area contributed by atoms with Gasteiger partial charge in [0.1, 0.15) is 22.3 Å². The highest BCUT2D eigenvalue weighted by Gasteiger charge is 2.29. The number of nitrogen functional groups attached to an aromatic ring is 1. The Kier molecular flexibility index (Phi) is 10.1. The van der Waals surface area contributed by atoms with E-state index in [4.69, 9.17) is 5.73 Å². The predicted octanol–water partition coefficient (Wildman–Crippen LogP) is 2.37. The number of thiazole rings is 1. The first-order valence-corrected chi connectivity index (χ1v) is 14.4. The van der Waals surface area contributed by atoms with Gasteiger partial charge < -0.3 is 21.3 Å². The molecular weight excluding hydrogens is 510 g/mol. The minimum absolute atomic E-state index is 0.0446. The first kappa shape index (κ1) is 28.4. The smallest absolute Gasteiger partial charge is 0.214 e. The van der Waals surface area contributed by atoms with Gasteiger partial charge in [-0.05, 0) is 71.5 Å². The molecule has 1 aliphatic heterocycles. The topological polar surface area (TPSA) is 121 Å². The summed E-state index contributed by atoms with van der Waals surface area (Å²) in [5.41, 5.74) is 5.20. The zero-order valence-electron chi connectivity index (χ0n) is 20.6. The number of ketones is 1. The Labute approximate surface area is 215 Å². The average molecular weight is 545 g/mol. The molecule has 1 aromatic heterocycles. The molecule has 0 radical (unpaired) electrons. The van der Waals surface area contributed by atoms with Crippen molar-refractivity contribution in [2.45, 2.75) is 31.7 Å². The van der Waals surface area contributed by atoms with Crippen LogP contribution in [0.5, 0.6) is 0 Å². The Hall–Kier alpha value is -2.19. The number of carbonyl (C=O) groups excluding carboxylic acids is 1. The zero-order chi connectivity index (χ0) is 26.3.